The van der Waals surface area contributed by atoms with Crippen molar-refractivity contribution in [2.24, 2.45) is 0 Å². The minimum Gasteiger partial charge on any atom is -0.493 e. The number of unbranched alkanes of at least 4 members (excludes halogenated alkanes) is 1. The minimum absolute atomic E-state index is 0. The molecule has 6 aliphatic heterocycles. The third-order valence-corrected chi connectivity index (χ3v) is 20.1. The van der Waals surface area contributed by atoms with Crippen LogP contribution in [-0.2, 0) is 61.2 Å². The highest BCUT2D eigenvalue weighted by Crippen LogP contribution is 2.47. The van der Waals surface area contributed by atoms with Gasteiger partial charge in [0, 0.05) is 121 Å². The van der Waals surface area contributed by atoms with Crippen molar-refractivity contribution in [1.29, 1.82) is 0 Å². The Morgan fingerprint density at radius 1 is 0.556 bits per heavy atom. The Kier molecular flexibility index (Phi) is 21.5. The van der Waals surface area contributed by atoms with E-state index in [2.05, 4.69) is 22.5 Å². The maximum Gasteiger partial charge on any atom is 0.431 e. The molecule has 99 heavy (non-hydrogen) atoms. The van der Waals surface area contributed by atoms with Crippen LogP contribution >= 0.6 is 0 Å². The van der Waals surface area contributed by atoms with Crippen LogP contribution in [0.4, 0.5) is 39.5 Å². The molecule has 544 valence electrons. The van der Waals surface area contributed by atoms with Crippen LogP contribution in [-0.4, -0.2) is 154 Å². The summed E-state index contributed by atoms with van der Waals surface area (Å²) in [6.07, 6.45) is -7.41. The maximum atomic E-state index is 13.6. The summed E-state index contributed by atoms with van der Waals surface area (Å²) in [5.74, 6) is 1.85. The minimum atomic E-state index is -4.41. The number of alkyl halides is 9. The summed E-state index contributed by atoms with van der Waals surface area (Å²) in [5, 5.41) is 17.0. The summed E-state index contributed by atoms with van der Waals surface area (Å²) < 4.78 is 148. The highest BCUT2D eigenvalue weighted by atomic mass is 19.4. The molecule has 0 saturated carbocycles. The van der Waals surface area contributed by atoms with E-state index >= 15 is 0 Å². The SMILES string of the molecule is CCCCOc1ccc(C(=O)N2CCC3(CC2)NCCn2c(C(F)(F)F)ccc23)cc1OC.CN1CCn2c(C(F)(F)F)ccc2C12CCN(C(=O)c1ccc(CC(C)(C)O)cc1)CC2.COc1cc(C(=O)N2CCC3(CC2)NC(C)(C)Cn2c(C(F)(F)F)ccc23)ccc1OC(C)C.[HH].[HH]. The summed E-state index contributed by atoms with van der Waals surface area (Å²) in [4.78, 5) is 46.9. The van der Waals surface area contributed by atoms with Gasteiger partial charge < -0.3 is 57.8 Å². The van der Waals surface area contributed by atoms with Crippen LogP contribution in [0.25, 0.3) is 0 Å². The zero-order chi connectivity index (χ0) is 71.8. The largest absolute Gasteiger partial charge is 0.493 e. The van der Waals surface area contributed by atoms with E-state index in [0.717, 1.165) is 24.5 Å². The topological polar surface area (TPSA) is 160 Å². The number of halogens is 9. The summed E-state index contributed by atoms with van der Waals surface area (Å²) in [5.41, 5.74) is -0.281. The molecule has 3 aromatic carbocycles. The van der Waals surface area contributed by atoms with Gasteiger partial charge in [-0.25, -0.2) is 0 Å². The van der Waals surface area contributed by atoms with Crippen molar-refractivity contribution in [3.63, 3.8) is 0 Å². The van der Waals surface area contributed by atoms with E-state index in [1.54, 1.807) is 102 Å². The first-order valence-electron chi connectivity index (χ1n) is 34.0. The molecule has 0 bridgehead atoms. The molecule has 0 unspecified atom stereocenters. The molecule has 3 fully saturated rings. The first-order chi connectivity index (χ1) is 46.5. The Hall–Kier alpha value is -7.68. The molecule has 3 saturated heterocycles. The van der Waals surface area contributed by atoms with E-state index in [1.807, 2.05) is 46.9 Å². The van der Waals surface area contributed by atoms with Gasteiger partial charge in [0.05, 0.1) is 49.1 Å². The lowest BCUT2D eigenvalue weighted by Crippen LogP contribution is -2.63. The van der Waals surface area contributed by atoms with Crippen LogP contribution in [0.2, 0.25) is 0 Å². The maximum absolute atomic E-state index is 13.6. The molecule has 9 heterocycles. The molecule has 17 nitrogen and oxygen atoms in total. The van der Waals surface area contributed by atoms with E-state index in [1.165, 1.54) is 32.9 Å². The molecule has 6 aliphatic rings. The van der Waals surface area contributed by atoms with Crippen LogP contribution in [0, 0.1) is 0 Å². The first kappa shape index (κ1) is 74.0. The Labute approximate surface area is 575 Å². The van der Waals surface area contributed by atoms with Crippen LogP contribution in [0.1, 0.15) is 173 Å². The molecule has 26 heteroatoms. The first-order valence-corrected chi connectivity index (χ1v) is 34.0. The number of rotatable bonds is 13. The molecular formula is C73H96F9N9O8. The summed E-state index contributed by atoms with van der Waals surface area (Å²) >= 11 is 0. The van der Waals surface area contributed by atoms with Crippen molar-refractivity contribution in [1.82, 2.24) is 43.9 Å². The molecule has 3 spiro atoms. The number of aliphatic hydroxyl groups is 1. The number of carbonyl (C=O) groups is 3. The van der Waals surface area contributed by atoms with Crippen molar-refractivity contribution < 1.29 is 80.8 Å². The molecule has 3 amide bonds. The van der Waals surface area contributed by atoms with Gasteiger partial charge in [-0.1, -0.05) is 25.5 Å². The molecule has 3 N–H and O–H groups in total. The third-order valence-electron chi connectivity index (χ3n) is 20.1. The normalized spacial score (nSPS) is 18.7. The van der Waals surface area contributed by atoms with E-state index in [0.29, 0.717) is 167 Å². The molecule has 6 aromatic rings. The average Bonchev–Trinajstić information content (AvgIpc) is 1.69. The number of ether oxygens (including phenoxy) is 4. The standard InChI is InChI=1S/C25H32F3N3O3.C24H30F3N3O3.C24H30F3N3O2.2H2/c1-16(2)34-18-7-6-17(14-19(18)33-5)22(32)30-12-10-24(11-13-30)20-8-9-21(25(26,27)28)31(20)15-23(3,4)29-24;1-3-4-15-33-18-6-5-17(16-19(18)32-2)22(31)29-12-9-23(10-13-29)20-7-8-21(24(25,26)27)30(20)14-11-28-23;1-22(2,32)16-17-4-6-18(7-5-17)21(31)29-12-10-23(11-13-29)19-8-9-20(24(25,26)27)30(19)15-14-28(23)3;;/h6-9,14,16,29H,10-13,15H2,1-5H3;5-8,16,28H,3-4,9-15H2,1-2H3;4-9,32H,10-16H2,1-3H3;2*1H. The van der Waals surface area contributed by atoms with E-state index in [-0.39, 0.29) is 39.8 Å². The van der Waals surface area contributed by atoms with Crippen molar-refractivity contribution in [2.45, 2.75) is 178 Å². The lowest BCUT2D eigenvalue weighted by molar-refractivity contribution is -0.145. The lowest BCUT2D eigenvalue weighted by Gasteiger charge is -2.51. The number of carbonyl (C=O) groups excluding carboxylic acids is 3. The predicted molar refractivity (Wildman–Crippen MR) is 359 cm³/mol. The Bertz CT molecular complexity index is 3840. The van der Waals surface area contributed by atoms with Gasteiger partial charge in [-0.05, 0) is 184 Å². The van der Waals surface area contributed by atoms with Crippen LogP contribution in [0.3, 0.4) is 0 Å². The van der Waals surface area contributed by atoms with Gasteiger partial charge in [-0.15, -0.1) is 0 Å². The van der Waals surface area contributed by atoms with Crippen molar-refractivity contribution in [3.8, 4) is 23.0 Å². The van der Waals surface area contributed by atoms with E-state index < -0.39 is 63.4 Å². The fraction of sp³-hybridized carbons (Fsp3) is 0.548. The van der Waals surface area contributed by atoms with Gasteiger partial charge in [0.1, 0.15) is 17.1 Å². The number of hydrogen-bond acceptors (Lipinski definition) is 11. The van der Waals surface area contributed by atoms with Gasteiger partial charge >= 0.3 is 18.5 Å². The Morgan fingerprint density at radius 3 is 1.49 bits per heavy atom. The predicted octanol–water partition coefficient (Wildman–Crippen LogP) is 13.6. The van der Waals surface area contributed by atoms with Crippen LogP contribution < -0.4 is 29.6 Å². The average molecular weight is 1400 g/mol. The molecule has 0 radical (unpaired) electrons. The Morgan fingerprint density at radius 2 is 1.00 bits per heavy atom. The highest BCUT2D eigenvalue weighted by Gasteiger charge is 2.51. The number of benzene rings is 3. The van der Waals surface area contributed by atoms with Crippen molar-refractivity contribution >= 4 is 17.7 Å². The lowest BCUT2D eigenvalue weighted by atomic mass is 9.79. The number of methoxy groups -OCH3 is 2. The van der Waals surface area contributed by atoms with Crippen LogP contribution in [0.5, 0.6) is 23.0 Å². The molecule has 3 aromatic heterocycles. The second-order valence-corrected chi connectivity index (χ2v) is 28.4. The molecule has 0 atom stereocenters. The highest BCUT2D eigenvalue weighted by molar-refractivity contribution is 5.96. The van der Waals surface area contributed by atoms with E-state index in [4.69, 9.17) is 18.9 Å². The van der Waals surface area contributed by atoms with Crippen LogP contribution in [0.15, 0.2) is 97.1 Å². The second kappa shape index (κ2) is 28.7. The van der Waals surface area contributed by atoms with Crippen molar-refractivity contribution in [2.75, 3.05) is 80.2 Å². The summed E-state index contributed by atoms with van der Waals surface area (Å²) in [6, 6.07) is 25.9. The fourth-order valence-electron chi connectivity index (χ4n) is 15.3. The quantitative estimate of drug-likeness (QED) is 0.0746. The molecule has 12 rings (SSSR count). The van der Waals surface area contributed by atoms with E-state index in [9.17, 15) is 59.0 Å². The number of likely N-dealkylation sites (tertiary alicyclic amines) is 3. The monoisotopic (exact) mass is 1400 g/mol. The zero-order valence-electron chi connectivity index (χ0n) is 58.0. The number of fused-ring (bicyclic) bond motifs is 6. The van der Waals surface area contributed by atoms with Gasteiger partial charge in [-0.3, -0.25) is 24.6 Å². The molecule has 0 aliphatic carbocycles. The molecular weight excluding hydrogens is 1300 g/mol. The fourth-order valence-corrected chi connectivity index (χ4v) is 15.3. The Balaban J connectivity index is 0.000000191. The van der Waals surface area contributed by atoms with Crippen molar-refractivity contribution in [3.05, 3.63) is 153 Å². The zero-order valence-corrected chi connectivity index (χ0v) is 58.0. The van der Waals surface area contributed by atoms with Gasteiger partial charge in [-0.2, -0.15) is 39.5 Å². The second-order valence-electron chi connectivity index (χ2n) is 28.4. The number of piperidine rings is 3. The number of nitrogens with one attached hydrogen (secondary N) is 2. The number of hydrogen-bond donors (Lipinski definition) is 3. The number of likely N-dealkylation sites (N-methyl/N-ethyl adjacent to an activating group) is 1. The number of amides is 3. The van der Waals surface area contributed by atoms with Gasteiger partial charge in [0.2, 0.25) is 0 Å². The van der Waals surface area contributed by atoms with Gasteiger partial charge in [0.25, 0.3) is 17.7 Å². The smallest absolute Gasteiger partial charge is 0.431 e. The summed E-state index contributed by atoms with van der Waals surface area (Å²) in [6.45, 7) is 18.4. The third kappa shape index (κ3) is 15.9. The number of nitrogens with zero attached hydrogens (tertiary/aromatic N) is 7. The summed E-state index contributed by atoms with van der Waals surface area (Å²) in [7, 11) is 5.03. The van der Waals surface area contributed by atoms with Gasteiger partial charge in [0.15, 0.2) is 23.0 Å². The number of aromatic nitrogens is 3.